The van der Waals surface area contributed by atoms with E-state index in [2.05, 4.69) is 42.5 Å². The normalized spacial score (nSPS) is 11.6. The van der Waals surface area contributed by atoms with Crippen molar-refractivity contribution < 1.29 is 0 Å². The first-order chi connectivity index (χ1) is 3.42. The summed E-state index contributed by atoms with van der Waals surface area (Å²) in [4.78, 5) is 0. The molecule has 0 atom stereocenters. The Morgan fingerprint density at radius 1 is 1.12 bits per heavy atom. The van der Waals surface area contributed by atoms with Gasteiger partial charge in [-0.25, -0.2) is 0 Å². The first kappa shape index (κ1) is 8.88. The van der Waals surface area contributed by atoms with E-state index in [-0.39, 0.29) is 13.0 Å². The highest BCUT2D eigenvalue weighted by Gasteiger charge is 2.14. The van der Waals surface area contributed by atoms with E-state index in [1.165, 1.54) is 0 Å². The molecular weight excluding hydrogens is 131 g/mol. The SMILES string of the molecule is [CH3][Al]([CH3])[S]C(C)(C)C. The largest absolute Gasteiger partial charge is 0.343 e. The highest BCUT2D eigenvalue weighted by atomic mass is 32.3. The summed E-state index contributed by atoms with van der Waals surface area (Å²) in [7, 11) is 2.15. The molecule has 0 aromatic heterocycles. The van der Waals surface area contributed by atoms with Crippen LogP contribution in [0.1, 0.15) is 20.8 Å². The maximum absolute atomic E-state index is 2.37. The second-order valence-corrected chi connectivity index (χ2v) is 10.4. The minimum absolute atomic E-state index is 0.379. The number of hydrogen-bond acceptors (Lipinski definition) is 1. The molecule has 0 saturated carbocycles. The summed E-state index contributed by atoms with van der Waals surface area (Å²) in [5.41, 5.74) is 0. The van der Waals surface area contributed by atoms with Crippen molar-refractivity contribution in [2.24, 2.45) is 0 Å². The van der Waals surface area contributed by atoms with Crippen LogP contribution >= 0.6 is 10.1 Å². The molecule has 2 heteroatoms. The first-order valence-corrected chi connectivity index (χ1v) is 7.70. The lowest BCUT2D eigenvalue weighted by atomic mass is 10.3. The van der Waals surface area contributed by atoms with Crippen LogP contribution in [0.4, 0.5) is 0 Å². The van der Waals surface area contributed by atoms with Gasteiger partial charge in [0.2, 0.25) is 0 Å². The van der Waals surface area contributed by atoms with Crippen molar-refractivity contribution in [3.63, 3.8) is 0 Å². The number of hydrogen-bond donors (Lipinski definition) is 0. The minimum atomic E-state index is -0.379. The van der Waals surface area contributed by atoms with Crippen molar-refractivity contribution in [1.29, 1.82) is 0 Å². The average Bonchev–Trinajstić information content (AvgIpc) is 1.21. The predicted molar refractivity (Wildman–Crippen MR) is 44.8 cm³/mol. The van der Waals surface area contributed by atoms with Gasteiger partial charge in [0, 0.05) is 0 Å². The van der Waals surface area contributed by atoms with E-state index in [0.717, 1.165) is 0 Å². The molecule has 0 amide bonds. The minimum Gasteiger partial charge on any atom is -0.251 e. The summed E-state index contributed by atoms with van der Waals surface area (Å²) in [6.45, 7) is 6.85. The maximum Gasteiger partial charge on any atom is 0.343 e. The van der Waals surface area contributed by atoms with E-state index in [9.17, 15) is 0 Å². The molecule has 0 aliphatic rings. The fourth-order valence-corrected chi connectivity index (χ4v) is 6.36. The smallest absolute Gasteiger partial charge is 0.251 e. The summed E-state index contributed by atoms with van der Waals surface area (Å²) in [5, 5.41) is 0. The zero-order valence-corrected chi connectivity index (χ0v) is 8.46. The van der Waals surface area contributed by atoms with Crippen LogP contribution in [-0.2, 0) is 0 Å². The molecule has 8 heavy (non-hydrogen) atoms. The van der Waals surface area contributed by atoms with Crippen LogP contribution in [0.25, 0.3) is 0 Å². The van der Waals surface area contributed by atoms with Crippen LogP contribution in [0.2, 0.25) is 11.6 Å². The van der Waals surface area contributed by atoms with Crippen LogP contribution in [0.3, 0.4) is 0 Å². The molecule has 0 aromatic carbocycles. The topological polar surface area (TPSA) is 0 Å². The van der Waals surface area contributed by atoms with Gasteiger partial charge in [-0.2, -0.15) is 0 Å². The standard InChI is InChI=1S/C4H10S.2CH3.Al/c1-4(2,3)5;;;/h5H,1-3H3;2*1H3;/q;;;+1/p-1. The predicted octanol–water partition coefficient (Wildman–Crippen LogP) is 2.77. The molecule has 0 bridgehead atoms. The molecule has 48 valence electrons. The molecule has 0 saturated heterocycles. The lowest BCUT2D eigenvalue weighted by Gasteiger charge is -2.18. The van der Waals surface area contributed by atoms with Crippen molar-refractivity contribution in [2.75, 3.05) is 0 Å². The summed E-state index contributed by atoms with van der Waals surface area (Å²) >= 11 is -0.379. The Labute approximate surface area is 60.5 Å². The Bertz CT molecular complexity index is 63.4. The third kappa shape index (κ3) is 6.88. The third-order valence-corrected chi connectivity index (χ3v) is 5.30. The van der Waals surface area contributed by atoms with Gasteiger partial charge < -0.3 is 0 Å². The Morgan fingerprint density at radius 3 is 1.50 bits per heavy atom. The molecular formula is C6H15AlS. The summed E-state index contributed by atoms with van der Waals surface area (Å²) < 4.78 is 0.500. The molecule has 0 radical (unpaired) electrons. The Balaban J connectivity index is 3.39. The van der Waals surface area contributed by atoms with Crippen molar-refractivity contribution in [1.82, 2.24) is 0 Å². The van der Waals surface area contributed by atoms with Crippen molar-refractivity contribution in [3.05, 3.63) is 0 Å². The summed E-state index contributed by atoms with van der Waals surface area (Å²) in [6.07, 6.45) is 0. The zero-order chi connectivity index (χ0) is 6.78. The van der Waals surface area contributed by atoms with Gasteiger partial charge in [-0.3, -0.25) is 10.1 Å². The molecule has 0 fully saturated rings. The van der Waals surface area contributed by atoms with Crippen molar-refractivity contribution in [3.8, 4) is 0 Å². The maximum atomic E-state index is 2.37. The zero-order valence-electron chi connectivity index (χ0n) is 6.49. The van der Waals surface area contributed by atoms with Crippen LogP contribution < -0.4 is 0 Å². The van der Waals surface area contributed by atoms with Gasteiger partial charge in [0.25, 0.3) is 0 Å². The Morgan fingerprint density at radius 2 is 1.50 bits per heavy atom. The van der Waals surface area contributed by atoms with E-state index in [0.29, 0.717) is 4.75 Å². The molecule has 0 rings (SSSR count). The van der Waals surface area contributed by atoms with E-state index in [4.69, 9.17) is 0 Å². The van der Waals surface area contributed by atoms with Crippen LogP contribution in [0.15, 0.2) is 0 Å². The molecule has 0 unspecified atom stereocenters. The van der Waals surface area contributed by atoms with Gasteiger partial charge in [0.15, 0.2) is 0 Å². The van der Waals surface area contributed by atoms with Gasteiger partial charge in [-0.15, -0.1) is 0 Å². The van der Waals surface area contributed by atoms with Gasteiger partial charge in [-0.05, 0) is 4.75 Å². The van der Waals surface area contributed by atoms with Gasteiger partial charge in [0.05, 0.1) is 0 Å². The van der Waals surface area contributed by atoms with Crippen LogP contribution in [-0.4, -0.2) is 17.8 Å². The molecule has 0 aromatic rings. The monoisotopic (exact) mass is 146 g/mol. The molecule has 0 N–H and O–H groups in total. The van der Waals surface area contributed by atoms with E-state index in [1.54, 1.807) is 0 Å². The lowest BCUT2D eigenvalue weighted by molar-refractivity contribution is 0.809. The summed E-state index contributed by atoms with van der Waals surface area (Å²) in [5.74, 6) is 4.74. The fraction of sp³-hybridized carbons (Fsp3) is 1.00. The Hall–Kier alpha value is 0.882. The quantitative estimate of drug-likeness (QED) is 0.512. The van der Waals surface area contributed by atoms with Crippen molar-refractivity contribution >= 4 is 23.1 Å². The highest BCUT2D eigenvalue weighted by Crippen LogP contribution is 2.25. The summed E-state index contributed by atoms with van der Waals surface area (Å²) in [6, 6.07) is 0. The lowest BCUT2D eigenvalue weighted by Crippen LogP contribution is -2.13. The van der Waals surface area contributed by atoms with E-state index in [1.807, 2.05) is 0 Å². The third-order valence-electron chi connectivity index (χ3n) is 0.589. The first-order valence-electron chi connectivity index (χ1n) is 3.09. The molecule has 0 heterocycles. The van der Waals surface area contributed by atoms with Crippen molar-refractivity contribution in [2.45, 2.75) is 37.1 Å². The molecule has 0 spiro atoms. The van der Waals surface area contributed by atoms with Crippen LogP contribution in [0.5, 0.6) is 0 Å². The highest BCUT2D eigenvalue weighted by molar-refractivity contribution is 8.26. The number of rotatable bonds is 1. The van der Waals surface area contributed by atoms with E-state index < -0.39 is 0 Å². The van der Waals surface area contributed by atoms with Gasteiger partial charge in [-0.1, -0.05) is 32.3 Å². The second-order valence-electron chi connectivity index (χ2n) is 3.28. The van der Waals surface area contributed by atoms with E-state index >= 15 is 0 Å². The van der Waals surface area contributed by atoms with Crippen LogP contribution in [0, 0.1) is 0 Å². The van der Waals surface area contributed by atoms with Gasteiger partial charge in [0.1, 0.15) is 0 Å². The molecule has 0 aliphatic carbocycles. The fourth-order valence-electron chi connectivity index (χ4n) is 0.707. The van der Waals surface area contributed by atoms with Gasteiger partial charge >= 0.3 is 13.0 Å². The molecule has 0 nitrogen and oxygen atoms in total. The average molecular weight is 146 g/mol. The molecule has 0 aliphatic heterocycles. The Kier molecular flexibility index (Phi) is 3.50. The second kappa shape index (κ2) is 3.15.